The zero-order valence-corrected chi connectivity index (χ0v) is 14.7. The predicted molar refractivity (Wildman–Crippen MR) is 87.5 cm³/mol. The van der Waals surface area contributed by atoms with Crippen molar-refractivity contribution in [1.82, 2.24) is 0 Å². The number of ketones is 1. The average molecular weight is 292 g/mol. The molecule has 20 heavy (non-hydrogen) atoms. The van der Waals surface area contributed by atoms with Gasteiger partial charge in [-0.25, -0.2) is 0 Å². The molecule has 0 spiro atoms. The summed E-state index contributed by atoms with van der Waals surface area (Å²) in [7, 11) is -1.86. The lowest BCUT2D eigenvalue weighted by Gasteiger charge is -2.38. The number of carbonyl (C=O) groups excluding carboxylic acids is 1. The second-order valence-electron chi connectivity index (χ2n) is 6.97. The van der Waals surface area contributed by atoms with Crippen molar-refractivity contribution in [3.8, 4) is 0 Å². The van der Waals surface area contributed by atoms with Crippen LogP contribution in [-0.4, -0.2) is 20.2 Å². The first kappa shape index (κ1) is 17.1. The van der Waals surface area contributed by atoms with Gasteiger partial charge in [-0.1, -0.05) is 51.1 Å². The van der Waals surface area contributed by atoms with E-state index in [1.54, 1.807) is 0 Å². The number of aryl methyl sites for hydroxylation is 1. The summed E-state index contributed by atoms with van der Waals surface area (Å²) < 4.78 is 6.14. The molecule has 0 heterocycles. The van der Waals surface area contributed by atoms with Crippen LogP contribution in [0.15, 0.2) is 30.3 Å². The van der Waals surface area contributed by atoms with Crippen molar-refractivity contribution in [1.29, 1.82) is 0 Å². The molecule has 3 heteroatoms. The van der Waals surface area contributed by atoms with Crippen LogP contribution in [0.3, 0.4) is 0 Å². The van der Waals surface area contributed by atoms with Crippen LogP contribution in [0, 0.1) is 0 Å². The van der Waals surface area contributed by atoms with Crippen LogP contribution in [0.5, 0.6) is 0 Å². The highest BCUT2D eigenvalue weighted by molar-refractivity contribution is 6.74. The average Bonchev–Trinajstić information content (AvgIpc) is 2.35. The largest absolute Gasteiger partial charge is 0.407 e. The molecule has 0 aliphatic rings. The van der Waals surface area contributed by atoms with E-state index in [4.69, 9.17) is 4.43 Å². The number of Topliss-reactive ketones (excluding diaryl/α,β-unsaturated/α-hetero) is 1. The van der Waals surface area contributed by atoms with Crippen molar-refractivity contribution >= 4 is 14.1 Å². The molecule has 0 radical (unpaired) electrons. The Hall–Kier alpha value is -0.933. The first-order chi connectivity index (χ1) is 9.13. The molecule has 0 N–H and O–H groups in total. The fraction of sp³-hybridized carbons (Fsp3) is 0.588. The molecule has 0 saturated carbocycles. The zero-order chi connectivity index (χ0) is 15.4. The highest BCUT2D eigenvalue weighted by Gasteiger charge is 2.39. The van der Waals surface area contributed by atoms with Gasteiger partial charge in [0.2, 0.25) is 0 Å². The maximum atomic E-state index is 12.2. The van der Waals surface area contributed by atoms with E-state index in [0.29, 0.717) is 6.42 Å². The van der Waals surface area contributed by atoms with Gasteiger partial charge in [0, 0.05) is 6.42 Å². The van der Waals surface area contributed by atoms with E-state index in [-0.39, 0.29) is 16.9 Å². The van der Waals surface area contributed by atoms with Crippen LogP contribution in [0.4, 0.5) is 0 Å². The van der Waals surface area contributed by atoms with E-state index in [0.717, 1.165) is 6.42 Å². The van der Waals surface area contributed by atoms with Gasteiger partial charge in [-0.2, -0.15) is 0 Å². The smallest absolute Gasteiger partial charge is 0.193 e. The summed E-state index contributed by atoms with van der Waals surface area (Å²) in [6, 6.07) is 10.1. The molecule has 1 unspecified atom stereocenters. The molecule has 2 nitrogen and oxygen atoms in total. The first-order valence-corrected chi connectivity index (χ1v) is 10.3. The van der Waals surface area contributed by atoms with Gasteiger partial charge in [-0.3, -0.25) is 4.79 Å². The Bertz CT molecular complexity index is 432. The first-order valence-electron chi connectivity index (χ1n) is 7.38. The third-order valence-electron chi connectivity index (χ3n) is 4.23. The summed E-state index contributed by atoms with van der Waals surface area (Å²) in [5, 5.41) is 0.140. The van der Waals surface area contributed by atoms with E-state index >= 15 is 0 Å². The molecular weight excluding hydrogens is 264 g/mol. The highest BCUT2D eigenvalue weighted by atomic mass is 28.4. The van der Waals surface area contributed by atoms with Crippen LogP contribution in [0.25, 0.3) is 0 Å². The van der Waals surface area contributed by atoms with Gasteiger partial charge < -0.3 is 4.43 Å². The molecule has 0 aliphatic heterocycles. The Labute approximate surface area is 124 Å². The molecule has 0 amide bonds. The van der Waals surface area contributed by atoms with Gasteiger partial charge in [0.05, 0.1) is 0 Å². The Morgan fingerprint density at radius 2 is 1.75 bits per heavy atom. The summed E-state index contributed by atoms with van der Waals surface area (Å²) in [5.74, 6) is 0.207. The Morgan fingerprint density at radius 3 is 2.25 bits per heavy atom. The van der Waals surface area contributed by atoms with Gasteiger partial charge in [-0.15, -0.1) is 0 Å². The van der Waals surface area contributed by atoms with E-state index in [1.165, 1.54) is 5.56 Å². The van der Waals surface area contributed by atoms with Gasteiger partial charge >= 0.3 is 0 Å². The second-order valence-corrected chi connectivity index (χ2v) is 11.7. The molecule has 1 aromatic rings. The third kappa shape index (κ3) is 4.87. The highest BCUT2D eigenvalue weighted by Crippen LogP contribution is 2.37. The van der Waals surface area contributed by atoms with Gasteiger partial charge in [-0.05, 0) is 37.0 Å². The van der Waals surface area contributed by atoms with E-state index in [9.17, 15) is 4.79 Å². The standard InChI is InChI=1S/C17H28O2Si/c1-14(19-20(5,6)17(2,3)4)16(18)13-12-15-10-8-7-9-11-15/h7-11,14H,12-13H2,1-6H3. The minimum atomic E-state index is -1.86. The fourth-order valence-corrected chi connectivity index (χ4v) is 3.17. The van der Waals surface area contributed by atoms with Crippen molar-refractivity contribution in [3.05, 3.63) is 35.9 Å². The number of hydrogen-bond donors (Lipinski definition) is 0. The molecule has 0 bridgehead atoms. The quantitative estimate of drug-likeness (QED) is 0.716. The van der Waals surface area contributed by atoms with Crippen LogP contribution >= 0.6 is 0 Å². The molecule has 112 valence electrons. The van der Waals surface area contributed by atoms with Crippen LogP contribution < -0.4 is 0 Å². The molecule has 0 aliphatic carbocycles. The van der Waals surface area contributed by atoms with Crippen molar-refractivity contribution in [2.24, 2.45) is 0 Å². The Kier molecular flexibility index (Phi) is 5.72. The van der Waals surface area contributed by atoms with Crippen LogP contribution in [0.1, 0.15) is 39.7 Å². The SMILES string of the molecule is CC(O[Si](C)(C)C(C)(C)C)C(=O)CCc1ccccc1. The monoisotopic (exact) mass is 292 g/mol. The van der Waals surface area contributed by atoms with Crippen LogP contribution in [0.2, 0.25) is 18.1 Å². The lowest BCUT2D eigenvalue weighted by Crippen LogP contribution is -2.45. The minimum Gasteiger partial charge on any atom is -0.407 e. The lowest BCUT2D eigenvalue weighted by molar-refractivity contribution is -0.125. The number of hydrogen-bond acceptors (Lipinski definition) is 2. The Balaban J connectivity index is 2.52. The minimum absolute atomic E-state index is 0.140. The number of carbonyl (C=O) groups is 1. The van der Waals surface area contributed by atoms with Crippen molar-refractivity contribution in [2.75, 3.05) is 0 Å². The maximum Gasteiger partial charge on any atom is 0.193 e. The summed E-state index contributed by atoms with van der Waals surface area (Å²) in [6.07, 6.45) is 1.06. The summed E-state index contributed by atoms with van der Waals surface area (Å²) in [5.41, 5.74) is 1.21. The molecule has 1 atom stereocenters. The van der Waals surface area contributed by atoms with Crippen LogP contribution in [-0.2, 0) is 15.6 Å². The fourth-order valence-electron chi connectivity index (χ4n) is 1.80. The normalized spacial score (nSPS) is 14.1. The Morgan fingerprint density at radius 1 is 1.20 bits per heavy atom. The summed E-state index contributed by atoms with van der Waals surface area (Å²) in [6.45, 7) is 12.9. The molecule has 0 fully saturated rings. The van der Waals surface area contributed by atoms with E-state index < -0.39 is 8.32 Å². The van der Waals surface area contributed by atoms with E-state index in [2.05, 4.69) is 46.0 Å². The van der Waals surface area contributed by atoms with Gasteiger partial charge in [0.15, 0.2) is 14.1 Å². The number of benzene rings is 1. The summed E-state index contributed by atoms with van der Waals surface area (Å²) in [4.78, 5) is 12.2. The molecule has 1 rings (SSSR count). The van der Waals surface area contributed by atoms with Gasteiger partial charge in [0.25, 0.3) is 0 Å². The van der Waals surface area contributed by atoms with Crippen molar-refractivity contribution in [2.45, 2.75) is 64.8 Å². The number of rotatable bonds is 6. The van der Waals surface area contributed by atoms with Crippen molar-refractivity contribution in [3.63, 3.8) is 0 Å². The molecule has 0 aromatic heterocycles. The third-order valence-corrected chi connectivity index (χ3v) is 8.79. The molecule has 0 saturated heterocycles. The molecular formula is C17H28O2Si. The van der Waals surface area contributed by atoms with E-state index in [1.807, 2.05) is 25.1 Å². The molecule has 1 aromatic carbocycles. The van der Waals surface area contributed by atoms with Crippen molar-refractivity contribution < 1.29 is 9.22 Å². The summed E-state index contributed by atoms with van der Waals surface area (Å²) >= 11 is 0. The lowest BCUT2D eigenvalue weighted by atomic mass is 10.1. The zero-order valence-electron chi connectivity index (χ0n) is 13.7. The second kappa shape index (κ2) is 6.68. The van der Waals surface area contributed by atoms with Gasteiger partial charge in [0.1, 0.15) is 6.10 Å². The maximum absolute atomic E-state index is 12.2. The predicted octanol–water partition coefficient (Wildman–Crippen LogP) is 4.60. The topological polar surface area (TPSA) is 26.3 Å².